The van der Waals surface area contributed by atoms with Gasteiger partial charge in [0.15, 0.2) is 0 Å². The van der Waals surface area contributed by atoms with Crippen molar-refractivity contribution in [2.24, 2.45) is 0 Å². The van der Waals surface area contributed by atoms with Crippen LogP contribution < -0.4 is 0 Å². The topological polar surface area (TPSA) is 41.1 Å². The van der Waals surface area contributed by atoms with Crippen LogP contribution in [-0.2, 0) is 17.7 Å². The molecule has 2 rings (SSSR count). The molecule has 0 amide bonds. The molecule has 0 unspecified atom stereocenters. The van der Waals surface area contributed by atoms with Gasteiger partial charge in [0.05, 0.1) is 12.8 Å². The Morgan fingerprint density at radius 2 is 2.57 bits per heavy atom. The monoisotopic (exact) mass is 195 g/mol. The molecular weight excluding hydrogens is 178 g/mol. The van der Waals surface area contributed by atoms with E-state index in [9.17, 15) is 0 Å². The first kappa shape index (κ1) is 9.68. The van der Waals surface area contributed by atoms with Gasteiger partial charge in [-0.25, -0.2) is 0 Å². The smallest absolute Gasteiger partial charge is 0.0589 e. The maximum absolute atomic E-state index is 5.09. The van der Waals surface area contributed by atoms with Crippen molar-refractivity contribution in [3.63, 3.8) is 0 Å². The van der Waals surface area contributed by atoms with E-state index in [2.05, 4.69) is 15.1 Å². The van der Waals surface area contributed by atoms with Gasteiger partial charge in [0.2, 0.25) is 0 Å². The van der Waals surface area contributed by atoms with Crippen molar-refractivity contribution in [3.05, 3.63) is 17.5 Å². The minimum absolute atomic E-state index is 0.813. The lowest BCUT2D eigenvalue weighted by Gasteiger charge is -2.18. The molecule has 4 heteroatoms. The second kappa shape index (κ2) is 4.57. The van der Waals surface area contributed by atoms with Crippen molar-refractivity contribution in [2.45, 2.75) is 19.4 Å². The normalized spacial score (nSPS) is 17.8. The Kier molecular flexibility index (Phi) is 3.16. The SMILES string of the molecule is COCCN1CCCc2[nH]ncc2C1. The Hall–Kier alpha value is -0.870. The fraction of sp³-hybridized carbons (Fsp3) is 0.700. The molecule has 4 nitrogen and oxygen atoms in total. The summed E-state index contributed by atoms with van der Waals surface area (Å²) in [5.74, 6) is 0. The van der Waals surface area contributed by atoms with E-state index in [-0.39, 0.29) is 0 Å². The molecular formula is C10H17N3O. The van der Waals surface area contributed by atoms with Crippen LogP contribution in [0.4, 0.5) is 0 Å². The number of hydrogen-bond donors (Lipinski definition) is 1. The summed E-state index contributed by atoms with van der Waals surface area (Å²) >= 11 is 0. The van der Waals surface area contributed by atoms with Crippen LogP contribution in [-0.4, -0.2) is 41.9 Å². The molecule has 0 atom stereocenters. The Labute approximate surface area is 84.3 Å². The number of methoxy groups -OCH3 is 1. The number of nitrogens with one attached hydrogen (secondary N) is 1. The third kappa shape index (κ3) is 2.13. The maximum atomic E-state index is 5.09. The predicted octanol–water partition coefficient (Wildman–Crippen LogP) is 0.804. The van der Waals surface area contributed by atoms with Gasteiger partial charge in [-0.15, -0.1) is 0 Å². The summed E-state index contributed by atoms with van der Waals surface area (Å²) in [6.07, 6.45) is 4.28. The van der Waals surface area contributed by atoms with Crippen molar-refractivity contribution in [1.82, 2.24) is 15.1 Å². The third-order valence-electron chi connectivity index (χ3n) is 2.71. The highest BCUT2D eigenvalue weighted by Crippen LogP contribution is 2.15. The van der Waals surface area contributed by atoms with Crippen LogP contribution in [0.25, 0.3) is 0 Å². The largest absolute Gasteiger partial charge is 0.383 e. The molecule has 0 aliphatic carbocycles. The maximum Gasteiger partial charge on any atom is 0.0589 e. The van der Waals surface area contributed by atoms with E-state index in [1.165, 1.54) is 17.7 Å². The average Bonchev–Trinajstić information content (AvgIpc) is 2.54. The highest BCUT2D eigenvalue weighted by Gasteiger charge is 2.14. The second-order valence-corrected chi connectivity index (χ2v) is 3.75. The van der Waals surface area contributed by atoms with Gasteiger partial charge in [0, 0.05) is 31.5 Å². The van der Waals surface area contributed by atoms with Crippen LogP contribution in [0.1, 0.15) is 17.7 Å². The lowest BCUT2D eigenvalue weighted by atomic mass is 10.2. The zero-order chi connectivity index (χ0) is 9.80. The van der Waals surface area contributed by atoms with Crippen molar-refractivity contribution < 1.29 is 4.74 Å². The number of H-pyrrole nitrogens is 1. The lowest BCUT2D eigenvalue weighted by molar-refractivity contribution is 0.145. The van der Waals surface area contributed by atoms with E-state index < -0.39 is 0 Å². The van der Waals surface area contributed by atoms with Gasteiger partial charge in [-0.3, -0.25) is 10.00 Å². The molecule has 0 spiro atoms. The van der Waals surface area contributed by atoms with Gasteiger partial charge >= 0.3 is 0 Å². The summed E-state index contributed by atoms with van der Waals surface area (Å²) in [7, 11) is 1.75. The lowest BCUT2D eigenvalue weighted by Crippen LogP contribution is -2.26. The molecule has 1 aromatic heterocycles. The second-order valence-electron chi connectivity index (χ2n) is 3.75. The quantitative estimate of drug-likeness (QED) is 0.775. The number of ether oxygens (including phenoxy) is 1. The number of aryl methyl sites for hydroxylation is 1. The van der Waals surface area contributed by atoms with Crippen LogP contribution in [0, 0.1) is 0 Å². The fourth-order valence-electron chi connectivity index (χ4n) is 1.90. The van der Waals surface area contributed by atoms with Crippen molar-refractivity contribution in [1.29, 1.82) is 0 Å². The van der Waals surface area contributed by atoms with Gasteiger partial charge in [-0.2, -0.15) is 5.10 Å². The van der Waals surface area contributed by atoms with E-state index in [0.29, 0.717) is 0 Å². The van der Waals surface area contributed by atoms with E-state index in [1.807, 2.05) is 6.20 Å². The van der Waals surface area contributed by atoms with E-state index in [1.54, 1.807) is 7.11 Å². The van der Waals surface area contributed by atoms with Crippen LogP contribution in [0.2, 0.25) is 0 Å². The van der Waals surface area contributed by atoms with Gasteiger partial charge in [0.1, 0.15) is 0 Å². The zero-order valence-corrected chi connectivity index (χ0v) is 8.62. The first-order chi connectivity index (χ1) is 6.90. The van der Waals surface area contributed by atoms with Crippen LogP contribution in [0.3, 0.4) is 0 Å². The molecule has 1 aliphatic rings. The Morgan fingerprint density at radius 1 is 1.64 bits per heavy atom. The van der Waals surface area contributed by atoms with Gasteiger partial charge in [-0.05, 0) is 19.4 Å². The number of aromatic amines is 1. The number of hydrogen-bond acceptors (Lipinski definition) is 3. The Balaban J connectivity index is 1.97. The molecule has 0 saturated heterocycles. The van der Waals surface area contributed by atoms with Crippen molar-refractivity contribution >= 4 is 0 Å². The van der Waals surface area contributed by atoms with Crippen LogP contribution in [0.15, 0.2) is 6.20 Å². The van der Waals surface area contributed by atoms with E-state index in [0.717, 1.165) is 32.7 Å². The molecule has 0 aromatic carbocycles. The molecule has 1 aliphatic heterocycles. The molecule has 14 heavy (non-hydrogen) atoms. The standard InChI is InChI=1S/C10H17N3O/c1-14-6-5-13-4-2-3-10-9(8-13)7-11-12-10/h7H,2-6,8H2,1H3,(H,11,12). The first-order valence-corrected chi connectivity index (χ1v) is 5.12. The molecule has 0 bridgehead atoms. The third-order valence-corrected chi connectivity index (χ3v) is 2.71. The summed E-state index contributed by atoms with van der Waals surface area (Å²) in [5, 5.41) is 7.14. The average molecular weight is 195 g/mol. The van der Waals surface area contributed by atoms with Crippen LogP contribution in [0.5, 0.6) is 0 Å². The highest BCUT2D eigenvalue weighted by molar-refractivity contribution is 5.17. The van der Waals surface area contributed by atoms with Gasteiger partial charge in [-0.1, -0.05) is 0 Å². The number of nitrogens with zero attached hydrogens (tertiary/aromatic N) is 2. The number of fused-ring (bicyclic) bond motifs is 1. The molecule has 0 fully saturated rings. The summed E-state index contributed by atoms with van der Waals surface area (Å²) in [6.45, 7) is 4.00. The van der Waals surface area contributed by atoms with E-state index in [4.69, 9.17) is 4.74 Å². The molecule has 78 valence electrons. The molecule has 1 aromatic rings. The number of aromatic nitrogens is 2. The first-order valence-electron chi connectivity index (χ1n) is 5.12. The summed E-state index contributed by atoms with van der Waals surface area (Å²) < 4.78 is 5.09. The minimum atomic E-state index is 0.813. The predicted molar refractivity (Wildman–Crippen MR) is 54.1 cm³/mol. The summed E-state index contributed by atoms with van der Waals surface area (Å²) in [6, 6.07) is 0. The summed E-state index contributed by atoms with van der Waals surface area (Å²) in [4.78, 5) is 2.42. The van der Waals surface area contributed by atoms with Gasteiger partial charge < -0.3 is 4.74 Å². The van der Waals surface area contributed by atoms with Crippen molar-refractivity contribution in [2.75, 3.05) is 26.8 Å². The van der Waals surface area contributed by atoms with E-state index >= 15 is 0 Å². The number of rotatable bonds is 3. The minimum Gasteiger partial charge on any atom is -0.383 e. The van der Waals surface area contributed by atoms with Crippen molar-refractivity contribution in [3.8, 4) is 0 Å². The fourth-order valence-corrected chi connectivity index (χ4v) is 1.90. The Morgan fingerprint density at radius 3 is 3.43 bits per heavy atom. The van der Waals surface area contributed by atoms with Gasteiger partial charge in [0.25, 0.3) is 0 Å². The molecule has 2 heterocycles. The highest BCUT2D eigenvalue weighted by atomic mass is 16.5. The zero-order valence-electron chi connectivity index (χ0n) is 8.62. The summed E-state index contributed by atoms with van der Waals surface area (Å²) in [5.41, 5.74) is 2.66. The molecule has 1 N–H and O–H groups in total. The molecule has 0 saturated carbocycles. The molecule has 0 radical (unpaired) electrons. The van der Waals surface area contributed by atoms with Crippen LogP contribution >= 0.6 is 0 Å². The Bertz CT molecular complexity index is 285.